The molecule has 0 bridgehead atoms. The molecular weight excluding hydrogens is 521 g/mol. The quantitative estimate of drug-likeness (QED) is 0.374. The minimum atomic E-state index is -4.58. The Morgan fingerprint density at radius 3 is 2.47 bits per heavy atom. The van der Waals surface area contributed by atoms with Crippen molar-refractivity contribution in [2.45, 2.75) is 57.9 Å². The predicted octanol–water partition coefficient (Wildman–Crippen LogP) is 5.13. The molecule has 12 heteroatoms. The van der Waals surface area contributed by atoms with Gasteiger partial charge in [0.25, 0.3) is 5.56 Å². The monoisotopic (exact) mass is 544 g/mol. The van der Waals surface area contributed by atoms with Gasteiger partial charge < -0.3 is 5.11 Å². The third-order valence-electron chi connectivity index (χ3n) is 6.62. The number of aryl methyl sites for hydroxylation is 2. The van der Waals surface area contributed by atoms with Gasteiger partial charge in [0, 0.05) is 24.3 Å². The van der Waals surface area contributed by atoms with Gasteiger partial charge in [-0.1, -0.05) is 11.6 Å². The highest BCUT2D eigenvalue weighted by Crippen LogP contribution is 2.56. The van der Waals surface area contributed by atoms with Crippen LogP contribution in [0.25, 0.3) is 17.1 Å². The first-order valence-corrected chi connectivity index (χ1v) is 12.2. The van der Waals surface area contributed by atoms with E-state index in [0.29, 0.717) is 40.3 Å². The number of rotatable bonds is 5. The second kappa shape index (κ2) is 9.02. The van der Waals surface area contributed by atoms with Gasteiger partial charge in [-0.25, -0.2) is 9.97 Å². The van der Waals surface area contributed by atoms with Gasteiger partial charge in [-0.05, 0) is 80.8 Å². The minimum absolute atomic E-state index is 0.0193. The van der Waals surface area contributed by atoms with Crippen LogP contribution in [0.2, 0.25) is 5.02 Å². The van der Waals surface area contributed by atoms with Gasteiger partial charge in [-0.2, -0.15) is 9.78 Å². The summed E-state index contributed by atoms with van der Waals surface area (Å²) in [5.74, 6) is -0.139. The largest absolute Gasteiger partial charge is 0.504 e. The molecule has 1 fully saturated rings. The van der Waals surface area contributed by atoms with Crippen LogP contribution in [0.15, 0.2) is 47.8 Å². The zero-order chi connectivity index (χ0) is 27.6. The first kappa shape index (κ1) is 26.1. The highest BCUT2D eigenvalue weighted by molar-refractivity contribution is 6.31. The molecule has 0 spiro atoms. The lowest BCUT2D eigenvalue weighted by Crippen LogP contribution is -2.23. The lowest BCUT2D eigenvalue weighted by atomic mass is 10.1. The molecule has 38 heavy (non-hydrogen) atoms. The third kappa shape index (κ3) is 4.71. The summed E-state index contributed by atoms with van der Waals surface area (Å²) in [5, 5.41) is 13.7. The first-order valence-electron chi connectivity index (χ1n) is 11.8. The van der Waals surface area contributed by atoms with Gasteiger partial charge in [-0.15, -0.1) is 13.2 Å². The lowest BCUT2D eigenvalue weighted by Gasteiger charge is -2.17. The van der Waals surface area contributed by atoms with E-state index in [0.717, 1.165) is 11.8 Å². The van der Waals surface area contributed by atoms with Crippen LogP contribution in [0.3, 0.4) is 0 Å². The molecule has 4 heterocycles. The van der Waals surface area contributed by atoms with Crippen molar-refractivity contribution in [2.75, 3.05) is 0 Å². The molecule has 2 atom stereocenters. The molecule has 0 radical (unpaired) electrons. The van der Waals surface area contributed by atoms with Gasteiger partial charge in [0.1, 0.15) is 10.6 Å². The van der Waals surface area contributed by atoms with Crippen LogP contribution < -0.4 is 5.56 Å². The van der Waals surface area contributed by atoms with E-state index >= 15 is 0 Å². The molecule has 0 aliphatic heterocycles. The number of nitrogens with zero attached hydrogens (tertiary/aromatic N) is 6. The second-order valence-corrected chi connectivity index (χ2v) is 10.4. The maximum absolute atomic E-state index is 13.5. The van der Waals surface area contributed by atoms with E-state index in [9.17, 15) is 23.1 Å². The smallest absolute Gasteiger partial charge is 0.382 e. The van der Waals surface area contributed by atoms with Crippen molar-refractivity contribution in [3.63, 3.8) is 0 Å². The van der Waals surface area contributed by atoms with E-state index in [-0.39, 0.29) is 27.4 Å². The zero-order valence-corrected chi connectivity index (χ0v) is 21.7. The van der Waals surface area contributed by atoms with Crippen molar-refractivity contribution >= 4 is 11.6 Å². The summed E-state index contributed by atoms with van der Waals surface area (Å²) in [4.78, 5) is 26.5. The van der Waals surface area contributed by atoms with Gasteiger partial charge >= 0.3 is 6.30 Å². The molecule has 0 amide bonds. The molecule has 1 aliphatic carbocycles. The van der Waals surface area contributed by atoms with Crippen LogP contribution >= 0.6 is 11.6 Å². The molecule has 1 N–H and O–H groups in total. The molecule has 0 saturated heterocycles. The van der Waals surface area contributed by atoms with Gasteiger partial charge in [0.05, 0.1) is 23.3 Å². The summed E-state index contributed by atoms with van der Waals surface area (Å²) >= 11 is 6.57. The third-order valence-corrected chi connectivity index (χ3v) is 7.00. The number of pyridine rings is 2. The van der Waals surface area contributed by atoms with Crippen LogP contribution in [0.4, 0.5) is 13.2 Å². The Labute approximate surface area is 220 Å². The van der Waals surface area contributed by atoms with Crippen LogP contribution in [-0.4, -0.2) is 34.4 Å². The van der Waals surface area contributed by atoms with Gasteiger partial charge in [0.2, 0.25) is 0 Å². The Balaban J connectivity index is 1.51. The second-order valence-electron chi connectivity index (χ2n) is 10.0. The number of halogens is 4. The molecule has 0 unspecified atom stereocenters. The Hall–Kier alpha value is -3.57. The SMILES string of the molecule is Cc1cnc(-c2ccnc(C(C)(C)O)n2)cc1-n1c(C)cc([C@@H]2C[C@H]2c2cnn(C(F)(F)F)c2)c(Cl)c1=O. The van der Waals surface area contributed by atoms with Crippen molar-refractivity contribution in [3.05, 3.63) is 86.6 Å². The summed E-state index contributed by atoms with van der Waals surface area (Å²) in [6, 6.07) is 5.19. The van der Waals surface area contributed by atoms with E-state index in [1.807, 2.05) is 6.92 Å². The molecule has 4 aromatic heterocycles. The summed E-state index contributed by atoms with van der Waals surface area (Å²) in [5.41, 5.74) is 2.25. The normalized spacial score (nSPS) is 17.6. The zero-order valence-electron chi connectivity index (χ0n) is 21.0. The summed E-state index contributed by atoms with van der Waals surface area (Å²) in [6.45, 7) is 6.76. The summed E-state index contributed by atoms with van der Waals surface area (Å²) in [7, 11) is 0. The number of aromatic nitrogens is 6. The average molecular weight is 545 g/mol. The van der Waals surface area contributed by atoms with Gasteiger partial charge in [-0.3, -0.25) is 14.3 Å². The molecule has 1 saturated carbocycles. The highest BCUT2D eigenvalue weighted by Gasteiger charge is 2.43. The first-order chi connectivity index (χ1) is 17.8. The fourth-order valence-corrected chi connectivity index (χ4v) is 4.85. The topological polar surface area (TPSA) is 98.7 Å². The molecule has 5 rings (SSSR count). The van der Waals surface area contributed by atoms with Crippen molar-refractivity contribution < 1.29 is 18.3 Å². The summed E-state index contributed by atoms with van der Waals surface area (Å²) < 4.78 is 40.3. The van der Waals surface area contributed by atoms with Gasteiger partial charge in [0.15, 0.2) is 5.82 Å². The van der Waals surface area contributed by atoms with E-state index in [1.165, 1.54) is 17.0 Å². The molecule has 4 aromatic rings. The fourth-order valence-electron chi connectivity index (χ4n) is 4.57. The number of hydrogen-bond donors (Lipinski definition) is 1. The Morgan fingerprint density at radius 2 is 1.82 bits per heavy atom. The molecule has 0 aromatic carbocycles. The maximum Gasteiger partial charge on any atom is 0.504 e. The lowest BCUT2D eigenvalue weighted by molar-refractivity contribution is -0.212. The number of aliphatic hydroxyl groups is 1. The standard InChI is InChI=1S/C26H24ClF3N6O2/c1-13-10-32-20(19-5-6-31-24(34-19)25(3,4)38)9-21(13)36-14(2)7-18(22(27)23(36)37)17-8-16(17)15-11-33-35(12-15)26(28,29)30/h5-7,9-12,16-17,38H,8H2,1-4H3/t16-,17+/m0/s1. The maximum atomic E-state index is 13.5. The van der Waals surface area contributed by atoms with E-state index in [2.05, 4.69) is 20.1 Å². The average Bonchev–Trinajstić information content (AvgIpc) is 3.46. The van der Waals surface area contributed by atoms with Crippen molar-refractivity contribution in [1.29, 1.82) is 0 Å². The van der Waals surface area contributed by atoms with Crippen LogP contribution in [0, 0.1) is 13.8 Å². The van der Waals surface area contributed by atoms with Crippen molar-refractivity contribution in [1.82, 2.24) is 29.3 Å². The van der Waals surface area contributed by atoms with Crippen LogP contribution in [-0.2, 0) is 11.9 Å². The molecule has 1 aliphatic rings. The van der Waals surface area contributed by atoms with Crippen molar-refractivity contribution in [2.24, 2.45) is 0 Å². The molecular formula is C26H24ClF3N6O2. The molecule has 198 valence electrons. The highest BCUT2D eigenvalue weighted by atomic mass is 35.5. The van der Waals surface area contributed by atoms with Crippen molar-refractivity contribution in [3.8, 4) is 17.1 Å². The summed E-state index contributed by atoms with van der Waals surface area (Å²) in [6.07, 6.45) is 1.33. The number of alkyl halides is 3. The number of hydrogen-bond acceptors (Lipinski definition) is 6. The Bertz CT molecular complexity index is 1610. The fraction of sp³-hybridized carbons (Fsp3) is 0.346. The Kier molecular flexibility index (Phi) is 6.18. The minimum Gasteiger partial charge on any atom is -0.382 e. The van der Waals surface area contributed by atoms with E-state index in [4.69, 9.17) is 11.6 Å². The molecule has 8 nitrogen and oxygen atoms in total. The van der Waals surface area contributed by atoms with Crippen LogP contribution in [0.1, 0.15) is 60.3 Å². The predicted molar refractivity (Wildman–Crippen MR) is 134 cm³/mol. The Morgan fingerprint density at radius 1 is 1.08 bits per heavy atom. The van der Waals surface area contributed by atoms with E-state index < -0.39 is 17.5 Å². The van der Waals surface area contributed by atoms with E-state index in [1.54, 1.807) is 45.2 Å². The van der Waals surface area contributed by atoms with Crippen LogP contribution in [0.5, 0.6) is 0 Å².